The fourth-order valence-electron chi connectivity index (χ4n) is 2.77. The highest BCUT2D eigenvalue weighted by molar-refractivity contribution is 8.13. The first kappa shape index (κ1) is 45.0. The fraction of sp³-hybridized carbons (Fsp3) is 0.385. The molecule has 2 rings (SSSR count). The Morgan fingerprint density at radius 3 is 1.39 bits per heavy atom. The molecule has 2 aromatic rings. The molecule has 0 spiro atoms. The summed E-state index contributed by atoms with van der Waals surface area (Å²) in [6.07, 6.45) is -7.91. The van der Waals surface area contributed by atoms with E-state index in [1.807, 2.05) is 10.6 Å². The van der Waals surface area contributed by atoms with E-state index in [1.165, 1.54) is 0 Å². The summed E-state index contributed by atoms with van der Waals surface area (Å²) in [6.45, 7) is 13.5. The van der Waals surface area contributed by atoms with Crippen molar-refractivity contribution in [2.45, 2.75) is 37.4 Å². The molecule has 23 heteroatoms. The minimum absolute atomic E-state index is 0.233. The number of hydrogen-bond acceptors (Lipinski definition) is 10. The highest BCUT2D eigenvalue weighted by Gasteiger charge is 2.36. The van der Waals surface area contributed by atoms with Gasteiger partial charge < -0.3 is 26.0 Å². The Bertz CT molecular complexity index is 1810. The minimum atomic E-state index is -4.80. The molecule has 272 valence electrons. The summed E-state index contributed by atoms with van der Waals surface area (Å²) in [5.41, 5.74) is -8.65. The molecular formula is C26H27ClF6N4O10S2. The van der Waals surface area contributed by atoms with Crippen molar-refractivity contribution in [1.29, 1.82) is 0 Å². The molecule has 0 bridgehead atoms. The van der Waals surface area contributed by atoms with E-state index in [1.54, 1.807) is 0 Å². The van der Waals surface area contributed by atoms with Crippen LogP contribution in [0.5, 0.6) is 0 Å². The van der Waals surface area contributed by atoms with E-state index in [9.17, 15) is 63.0 Å². The smallest absolute Gasteiger partial charge is 0.393 e. The minimum Gasteiger partial charge on any atom is -0.393 e. The normalized spacial score (nSPS) is 14.1. The molecule has 0 aliphatic heterocycles. The Morgan fingerprint density at radius 1 is 0.796 bits per heavy atom. The number of carbonyl (C=O) groups is 2. The number of halogens is 7. The number of amides is 2. The Hall–Kier alpha value is -4.03. The van der Waals surface area contributed by atoms with Gasteiger partial charge in [0.05, 0.1) is 43.4 Å². The summed E-state index contributed by atoms with van der Waals surface area (Å²) >= 11 is 0. The van der Waals surface area contributed by atoms with Crippen molar-refractivity contribution in [1.82, 2.24) is 0 Å². The van der Waals surface area contributed by atoms with Crippen molar-refractivity contribution >= 4 is 64.4 Å². The molecule has 2 amide bonds. The fourth-order valence-corrected chi connectivity index (χ4v) is 3.21. The molecule has 49 heavy (non-hydrogen) atoms. The van der Waals surface area contributed by atoms with Crippen LogP contribution in [0.25, 0.3) is 9.69 Å². The van der Waals surface area contributed by atoms with Crippen molar-refractivity contribution in [2.24, 2.45) is 0 Å². The highest BCUT2D eigenvalue weighted by Crippen LogP contribution is 2.39. The van der Waals surface area contributed by atoms with Gasteiger partial charge in [-0.3, -0.25) is 13.8 Å². The molecule has 14 nitrogen and oxygen atoms in total. The first-order chi connectivity index (χ1) is 21.9. The molecule has 2 aromatic carbocycles. The number of hydrogen-bond donors (Lipinski definition) is 5. The molecule has 0 fully saturated rings. The molecule has 0 heterocycles. The van der Waals surface area contributed by atoms with Gasteiger partial charge in [-0.25, -0.2) is 18.1 Å². The lowest BCUT2D eigenvalue weighted by atomic mass is 10.1. The predicted molar refractivity (Wildman–Crippen MR) is 162 cm³/mol. The molecule has 0 aliphatic rings. The Morgan fingerprint density at radius 2 is 1.12 bits per heavy atom. The first-order valence-electron chi connectivity index (χ1n) is 12.5. The number of aliphatic hydroxyl groups is 3. The van der Waals surface area contributed by atoms with Crippen LogP contribution in [0.15, 0.2) is 36.4 Å². The average Bonchev–Trinajstić information content (AvgIpc) is 2.94. The quantitative estimate of drug-likeness (QED) is 0.113. The number of carbonyl (C=O) groups excluding carboxylic acids is 2. The Kier molecular flexibility index (Phi) is 15.7. The van der Waals surface area contributed by atoms with Gasteiger partial charge in [-0.15, -0.1) is 0 Å². The maximum atomic E-state index is 12.8. The number of nitrogens with one attached hydrogen (secondary N) is 2. The van der Waals surface area contributed by atoms with Gasteiger partial charge in [-0.05, 0) is 38.1 Å². The first-order valence-corrected chi connectivity index (χ1v) is 17.0. The lowest BCUT2D eigenvalue weighted by Crippen LogP contribution is -2.44. The summed E-state index contributed by atoms with van der Waals surface area (Å²) in [7, 11) is -2.61. The standard InChI is InChI=1S/C13H13F3N2O5S.C12H11F3N2O3.CH3ClO2S/c1-12(20,7-23-24(3,21)22)11(19)18-8-4-5-10(17-2)9(6-8)13(14,15)16;1-11(20,6-18)10(19)17-7-3-4-9(16-2)8(5-7)12(13,14)15;1-5(2,3)4/h4-6,20H,7H2,1,3H3,(H,18,19);3-5,18,20H,6H2,1H3,(H,17,19);1H3. The zero-order valence-corrected chi connectivity index (χ0v) is 27.8. The van der Waals surface area contributed by atoms with Crippen LogP contribution in [0, 0.1) is 13.1 Å². The van der Waals surface area contributed by atoms with Crippen molar-refractivity contribution in [3.63, 3.8) is 0 Å². The topological polar surface area (TPSA) is 205 Å². The second-order valence-corrected chi connectivity index (χ2v) is 14.6. The van der Waals surface area contributed by atoms with Gasteiger partial charge >= 0.3 is 12.4 Å². The van der Waals surface area contributed by atoms with E-state index in [0.29, 0.717) is 18.4 Å². The molecule has 0 radical (unpaired) electrons. The number of anilines is 2. The summed E-state index contributed by atoms with van der Waals surface area (Å²) in [5, 5.41) is 32.2. The van der Waals surface area contributed by atoms with E-state index >= 15 is 0 Å². The van der Waals surface area contributed by atoms with Gasteiger partial charge in [-0.2, -0.15) is 34.8 Å². The number of nitrogens with zero attached hydrogens (tertiary/aromatic N) is 2. The number of rotatable bonds is 8. The molecule has 2 unspecified atom stereocenters. The zero-order valence-electron chi connectivity index (χ0n) is 25.4. The summed E-state index contributed by atoms with van der Waals surface area (Å²) < 4.78 is 121. The molecule has 5 N–H and O–H groups in total. The van der Waals surface area contributed by atoms with Crippen LogP contribution in [0.2, 0.25) is 0 Å². The summed E-state index contributed by atoms with van der Waals surface area (Å²) in [6, 6.07) is 5.08. The van der Waals surface area contributed by atoms with Gasteiger partial charge in [0.25, 0.3) is 21.9 Å². The van der Waals surface area contributed by atoms with Crippen molar-refractivity contribution in [2.75, 3.05) is 36.4 Å². The highest BCUT2D eigenvalue weighted by atomic mass is 35.7. The average molecular weight is 769 g/mol. The van der Waals surface area contributed by atoms with Crippen LogP contribution in [0.3, 0.4) is 0 Å². The third-order valence-corrected chi connectivity index (χ3v) is 5.75. The summed E-state index contributed by atoms with van der Waals surface area (Å²) in [4.78, 5) is 28.9. The predicted octanol–water partition coefficient (Wildman–Crippen LogP) is 4.04. The number of alkyl halides is 6. The molecule has 0 aliphatic carbocycles. The van der Waals surface area contributed by atoms with Gasteiger partial charge in [0.2, 0.25) is 9.05 Å². The molecular weight excluding hydrogens is 742 g/mol. The second-order valence-electron chi connectivity index (χ2n) is 9.95. The third-order valence-electron chi connectivity index (χ3n) is 5.20. The molecule has 2 atom stereocenters. The van der Waals surface area contributed by atoms with Crippen LogP contribution in [0.4, 0.5) is 49.1 Å². The van der Waals surface area contributed by atoms with E-state index in [2.05, 4.69) is 24.6 Å². The van der Waals surface area contributed by atoms with Crippen molar-refractivity contribution < 1.29 is 72.3 Å². The number of benzene rings is 2. The third kappa shape index (κ3) is 16.8. The SMILES string of the molecule is CS(=O)(=O)Cl.[C-]#[N+]c1ccc(NC(=O)C(C)(O)CO)cc1C(F)(F)F.[C-]#[N+]c1ccc(NC(=O)C(C)(O)COS(C)(=O)=O)cc1C(F)(F)F. The second kappa shape index (κ2) is 17.1. The largest absolute Gasteiger partial charge is 0.407 e. The molecule has 0 saturated carbocycles. The molecule has 0 saturated heterocycles. The van der Waals surface area contributed by atoms with Crippen molar-refractivity contribution in [3.05, 3.63) is 70.4 Å². The van der Waals surface area contributed by atoms with E-state index in [4.69, 9.17) is 18.3 Å². The van der Waals surface area contributed by atoms with Crippen LogP contribution < -0.4 is 10.6 Å². The van der Waals surface area contributed by atoms with Gasteiger partial charge in [-0.1, -0.05) is 12.1 Å². The van der Waals surface area contributed by atoms with E-state index < -0.39 is 90.3 Å². The van der Waals surface area contributed by atoms with Gasteiger partial charge in [0, 0.05) is 22.1 Å². The lowest BCUT2D eigenvalue weighted by Gasteiger charge is -2.22. The van der Waals surface area contributed by atoms with Crippen LogP contribution in [-0.2, 0) is 45.3 Å². The maximum absolute atomic E-state index is 12.8. The van der Waals surface area contributed by atoms with Crippen molar-refractivity contribution in [3.8, 4) is 0 Å². The number of aliphatic hydroxyl groups excluding tert-OH is 1. The van der Waals surface area contributed by atoms with Crippen LogP contribution >= 0.6 is 10.7 Å². The Labute approximate surface area is 280 Å². The zero-order chi connectivity index (χ0) is 38.8. The molecule has 0 aromatic heterocycles. The van der Waals surface area contributed by atoms with Gasteiger partial charge in [0.1, 0.15) is 6.61 Å². The van der Waals surface area contributed by atoms with E-state index in [-0.39, 0.29) is 11.4 Å². The van der Waals surface area contributed by atoms with Crippen LogP contribution in [0.1, 0.15) is 25.0 Å². The van der Waals surface area contributed by atoms with Crippen LogP contribution in [-0.4, -0.2) is 80.9 Å². The summed E-state index contributed by atoms with van der Waals surface area (Å²) in [5.74, 6) is -2.22. The Balaban J connectivity index is 0.000000835. The maximum Gasteiger partial charge on any atom is 0.407 e. The van der Waals surface area contributed by atoms with Gasteiger partial charge in [0.15, 0.2) is 22.6 Å². The van der Waals surface area contributed by atoms with E-state index in [0.717, 1.165) is 44.4 Å². The lowest BCUT2D eigenvalue weighted by molar-refractivity contribution is -0.137. The monoisotopic (exact) mass is 768 g/mol.